The number of carboxylic acids is 2. The van der Waals surface area contributed by atoms with Crippen LogP contribution in [-0.4, -0.2) is 111 Å². The summed E-state index contributed by atoms with van der Waals surface area (Å²) in [5.74, 6) is -6.02. The molecular weight excluding hydrogens is 674 g/mol. The largest absolute Gasteiger partial charge is 0.504 e. The third-order valence-electron chi connectivity index (χ3n) is 7.02. The van der Waals surface area contributed by atoms with E-state index in [0.717, 1.165) is 40.9 Å². The van der Waals surface area contributed by atoms with Crippen molar-refractivity contribution < 1.29 is 49.2 Å². The van der Waals surface area contributed by atoms with Gasteiger partial charge in [0.1, 0.15) is 5.69 Å². The van der Waals surface area contributed by atoms with Crippen molar-refractivity contribution >= 4 is 86.8 Å². The number of thioether (sulfide) groups is 2. The molecule has 2 amide bonds. The number of β-lactam (4-membered cyclic amide) rings is 1. The maximum Gasteiger partial charge on any atom is 0.350 e. The molecule has 0 radical (unpaired) electrons. The molecule has 2 fully saturated rings. The predicted octanol–water partition coefficient (Wildman–Crippen LogP) is 2.15. The molecule has 1 aromatic heterocycles. The smallest absolute Gasteiger partial charge is 0.350 e. The maximum absolute atomic E-state index is 13.4. The molecule has 2 aliphatic rings. The van der Waals surface area contributed by atoms with Crippen LogP contribution in [0.1, 0.15) is 36.3 Å². The fourth-order valence-corrected chi connectivity index (χ4v) is 8.36. The van der Waals surface area contributed by atoms with Gasteiger partial charge in [-0.15, -0.1) is 34.9 Å². The lowest BCUT2D eigenvalue weighted by molar-refractivity contribution is -0.161. The normalized spacial score (nSPS) is 21.2. The number of anilines is 1. The number of aliphatic carboxylic acids is 2. The first kappa shape index (κ1) is 34.1. The molecule has 45 heavy (non-hydrogen) atoms. The SMILES string of the molecule is CN(CCS[C@]1(C(=O)O)CN2C(=O)[C@@H](CC(=O)/C(=N\OC(C)(C)C(=O)O)c3csc(N)n3)[C@H]2S1)C(=O)c1ccc(O)c(O)c1Cl. The number of carbonyl (C=O) groups excluding carboxylic acids is 3. The quantitative estimate of drug-likeness (QED) is 0.0872. The highest BCUT2D eigenvalue weighted by Gasteiger charge is 2.62. The zero-order chi connectivity index (χ0) is 33.4. The fraction of sp³-hybridized carbons (Fsp3) is 0.423. The van der Waals surface area contributed by atoms with Gasteiger partial charge in [0.15, 0.2) is 32.2 Å². The van der Waals surface area contributed by atoms with Gasteiger partial charge < -0.3 is 40.8 Å². The van der Waals surface area contributed by atoms with Crippen LogP contribution in [0.15, 0.2) is 22.7 Å². The van der Waals surface area contributed by atoms with Gasteiger partial charge in [-0.1, -0.05) is 16.8 Å². The second-order valence-corrected chi connectivity index (χ2v) is 14.9. The zero-order valence-electron chi connectivity index (χ0n) is 23.9. The van der Waals surface area contributed by atoms with Gasteiger partial charge in [0.25, 0.3) is 5.91 Å². The van der Waals surface area contributed by atoms with Crippen molar-refractivity contribution in [3.63, 3.8) is 0 Å². The highest BCUT2D eigenvalue weighted by Crippen LogP contribution is 2.55. The summed E-state index contributed by atoms with van der Waals surface area (Å²) in [5.41, 5.74) is 3.60. The van der Waals surface area contributed by atoms with Gasteiger partial charge in [0.2, 0.25) is 11.5 Å². The number of oxime groups is 1. The number of Topliss-reactive ketones (excluding diaryl/α,β-unsaturated/α-hetero) is 1. The van der Waals surface area contributed by atoms with E-state index in [1.165, 1.54) is 42.1 Å². The number of carboxylic acid groups (broad SMARTS) is 2. The average Bonchev–Trinajstić information content (AvgIpc) is 3.56. The van der Waals surface area contributed by atoms with Gasteiger partial charge in [-0.2, -0.15) is 0 Å². The Morgan fingerprint density at radius 2 is 1.98 bits per heavy atom. The zero-order valence-corrected chi connectivity index (χ0v) is 27.1. The number of amides is 2. The molecule has 2 aromatic rings. The molecule has 2 saturated heterocycles. The Morgan fingerprint density at radius 3 is 2.58 bits per heavy atom. The molecular formula is C26H28ClN5O10S3. The monoisotopic (exact) mass is 701 g/mol. The van der Waals surface area contributed by atoms with Gasteiger partial charge in [-0.05, 0) is 26.0 Å². The predicted molar refractivity (Wildman–Crippen MR) is 167 cm³/mol. The number of aromatic nitrogens is 1. The molecule has 15 nitrogen and oxygen atoms in total. The van der Waals surface area contributed by atoms with E-state index < -0.39 is 62.0 Å². The maximum atomic E-state index is 13.4. The third kappa shape index (κ3) is 6.78. The Labute approximate surface area is 273 Å². The summed E-state index contributed by atoms with van der Waals surface area (Å²) < 4.78 is -1.48. The van der Waals surface area contributed by atoms with Gasteiger partial charge >= 0.3 is 11.9 Å². The van der Waals surface area contributed by atoms with Crippen LogP contribution in [-0.2, 0) is 24.0 Å². The van der Waals surface area contributed by atoms with E-state index in [1.807, 2.05) is 0 Å². The van der Waals surface area contributed by atoms with Gasteiger partial charge in [0.05, 0.1) is 28.4 Å². The first-order chi connectivity index (χ1) is 21.0. The Morgan fingerprint density at radius 1 is 1.29 bits per heavy atom. The highest BCUT2D eigenvalue weighted by atomic mass is 35.5. The van der Waals surface area contributed by atoms with Crippen molar-refractivity contribution in [1.82, 2.24) is 14.8 Å². The number of nitrogens with zero attached hydrogens (tertiary/aromatic N) is 4. The van der Waals surface area contributed by atoms with Crippen molar-refractivity contribution in [2.45, 2.75) is 35.3 Å². The van der Waals surface area contributed by atoms with Gasteiger partial charge in [0, 0.05) is 31.1 Å². The number of fused-ring (bicyclic) bond motifs is 1. The summed E-state index contributed by atoms with van der Waals surface area (Å²) in [6.07, 6.45) is -0.363. The van der Waals surface area contributed by atoms with Crippen molar-refractivity contribution in [1.29, 1.82) is 0 Å². The lowest BCUT2D eigenvalue weighted by Gasteiger charge is -2.41. The molecule has 19 heteroatoms. The van der Waals surface area contributed by atoms with E-state index in [0.29, 0.717) is 0 Å². The van der Waals surface area contributed by atoms with Crippen LogP contribution in [0.2, 0.25) is 5.02 Å². The summed E-state index contributed by atoms with van der Waals surface area (Å²) in [4.78, 5) is 74.9. The fourth-order valence-electron chi connectivity index (χ4n) is 4.32. The van der Waals surface area contributed by atoms with Crippen LogP contribution in [0.4, 0.5) is 5.13 Å². The topological polar surface area (TPSA) is 233 Å². The number of nitrogen functional groups attached to an aromatic ring is 1. The Hall–Kier alpha value is -3.74. The van der Waals surface area contributed by atoms with Gasteiger partial charge in [-0.25, -0.2) is 14.6 Å². The number of rotatable bonds is 13. The number of carbonyl (C=O) groups is 5. The van der Waals surface area contributed by atoms with Gasteiger partial charge in [-0.3, -0.25) is 14.4 Å². The van der Waals surface area contributed by atoms with E-state index in [2.05, 4.69) is 10.1 Å². The highest BCUT2D eigenvalue weighted by molar-refractivity contribution is 8.20. The first-order valence-electron chi connectivity index (χ1n) is 13.0. The number of halogens is 1. The number of phenols is 2. The van der Waals surface area contributed by atoms with Crippen molar-refractivity contribution in [3.05, 3.63) is 33.8 Å². The molecule has 4 rings (SSSR count). The molecule has 3 atom stereocenters. The summed E-state index contributed by atoms with van der Waals surface area (Å²) in [5, 5.41) is 43.3. The van der Waals surface area contributed by atoms with E-state index in [4.69, 9.17) is 22.2 Å². The summed E-state index contributed by atoms with van der Waals surface area (Å²) in [6.45, 7) is 2.42. The number of nitrogens with two attached hydrogens (primary N) is 1. The number of ketones is 1. The lowest BCUT2D eigenvalue weighted by Crippen LogP contribution is -2.57. The van der Waals surface area contributed by atoms with Crippen molar-refractivity contribution in [3.8, 4) is 11.5 Å². The van der Waals surface area contributed by atoms with Crippen LogP contribution in [0.3, 0.4) is 0 Å². The number of hydrogen-bond acceptors (Lipinski definition) is 14. The summed E-state index contributed by atoms with van der Waals surface area (Å²) in [7, 11) is 1.47. The molecule has 1 aromatic carbocycles. The minimum absolute atomic E-state index is 0.0456. The van der Waals surface area contributed by atoms with E-state index >= 15 is 0 Å². The second kappa shape index (κ2) is 12.9. The third-order valence-corrected chi connectivity index (χ3v) is 11.4. The number of phenolic OH excluding ortho intramolecular Hbond substituents is 2. The molecule has 2 aliphatic heterocycles. The number of thiazole rings is 1. The summed E-state index contributed by atoms with van der Waals surface area (Å²) in [6, 6.07) is 2.38. The number of benzene rings is 1. The van der Waals surface area contributed by atoms with E-state index in [1.54, 1.807) is 0 Å². The first-order valence-corrected chi connectivity index (χ1v) is 16.2. The van der Waals surface area contributed by atoms with Crippen molar-refractivity contribution in [2.24, 2.45) is 11.1 Å². The number of aromatic hydroxyl groups is 2. The molecule has 3 heterocycles. The second-order valence-electron chi connectivity index (χ2n) is 10.6. The summed E-state index contributed by atoms with van der Waals surface area (Å²) >= 11 is 9.06. The molecule has 242 valence electrons. The molecule has 0 spiro atoms. The minimum Gasteiger partial charge on any atom is -0.504 e. The van der Waals surface area contributed by atoms with Crippen LogP contribution in [0, 0.1) is 5.92 Å². The van der Waals surface area contributed by atoms with Crippen molar-refractivity contribution in [2.75, 3.05) is 31.6 Å². The van der Waals surface area contributed by atoms with Crippen LogP contribution < -0.4 is 5.73 Å². The Balaban J connectivity index is 1.43. The molecule has 6 N–H and O–H groups in total. The molecule has 0 saturated carbocycles. The van der Waals surface area contributed by atoms with E-state index in [9.17, 15) is 44.4 Å². The lowest BCUT2D eigenvalue weighted by atomic mass is 9.90. The molecule has 0 unspecified atom stereocenters. The molecule has 0 aliphatic carbocycles. The number of hydrogen-bond donors (Lipinski definition) is 5. The van der Waals surface area contributed by atoms with Crippen LogP contribution in [0.25, 0.3) is 0 Å². The minimum atomic E-state index is -1.77. The van der Waals surface area contributed by atoms with E-state index in [-0.39, 0.29) is 52.4 Å². The molecule has 0 bridgehead atoms. The Bertz CT molecular complexity index is 1600. The Kier molecular flexibility index (Phi) is 9.81. The standard InChI is InChI=1S/C26H28ClN5O10S3/c1-25(2,22(38)39)42-30-17(13-9-43-24(28)29-13)15(34)8-12-20(37)32-10-26(23(40)41,45-21(12)32)44-7-6-31(3)19(36)11-4-5-14(33)18(35)16(11)27/h4-5,9,12,21,33,35H,6-8,10H2,1-3H3,(H2,28,29)(H,38,39)(H,40,41)/b30-17-/t12-,21-,26-/m1/s1. The van der Waals surface area contributed by atoms with Crippen LogP contribution >= 0.6 is 46.5 Å². The average molecular weight is 702 g/mol. The van der Waals surface area contributed by atoms with Crippen LogP contribution in [0.5, 0.6) is 11.5 Å².